The molecule has 0 unspecified atom stereocenters. The van der Waals surface area contributed by atoms with E-state index in [1.54, 1.807) is 0 Å². The monoisotopic (exact) mass is 462 g/mol. The Balaban J connectivity index is 1.67. The Hall–Kier alpha value is -2.56. The Kier molecular flexibility index (Phi) is 6.60. The predicted molar refractivity (Wildman–Crippen MR) is 122 cm³/mol. The zero-order chi connectivity index (χ0) is 23.8. The number of nitro groups is 1. The van der Waals surface area contributed by atoms with Gasteiger partial charge in [-0.2, -0.15) is 4.31 Å². The van der Waals surface area contributed by atoms with Crippen molar-refractivity contribution in [2.24, 2.45) is 0 Å². The number of nitro benzene ring substituents is 1. The molecule has 9 nitrogen and oxygen atoms in total. The molecule has 1 aromatic carbocycles. The average Bonchev–Trinajstić information content (AvgIpc) is 3.02. The van der Waals surface area contributed by atoms with Gasteiger partial charge in [0.15, 0.2) is 5.78 Å². The van der Waals surface area contributed by atoms with E-state index < -0.39 is 14.9 Å². The summed E-state index contributed by atoms with van der Waals surface area (Å²) in [6, 6.07) is 7.00. The van der Waals surface area contributed by atoms with Crippen LogP contribution >= 0.6 is 0 Å². The first kappa shape index (κ1) is 24.1. The molecule has 1 saturated heterocycles. The Morgan fingerprint density at radius 2 is 1.72 bits per heavy atom. The maximum absolute atomic E-state index is 13.0. The fourth-order valence-corrected chi connectivity index (χ4v) is 5.86. The molecule has 0 amide bonds. The second kappa shape index (κ2) is 8.76. The third-order valence-electron chi connectivity index (χ3n) is 5.77. The van der Waals surface area contributed by atoms with Gasteiger partial charge in [0.1, 0.15) is 0 Å². The minimum atomic E-state index is -3.83. The number of Topliss-reactive ketones (excluding diaryl/α,β-unsaturated/α-hetero) is 1. The van der Waals surface area contributed by atoms with Crippen LogP contribution in [0.1, 0.15) is 42.5 Å². The minimum absolute atomic E-state index is 0.0172. The van der Waals surface area contributed by atoms with Gasteiger partial charge in [0.2, 0.25) is 10.0 Å². The van der Waals surface area contributed by atoms with Crippen molar-refractivity contribution in [3.05, 3.63) is 57.4 Å². The van der Waals surface area contributed by atoms with Crippen molar-refractivity contribution in [2.45, 2.75) is 45.1 Å². The Morgan fingerprint density at radius 1 is 1.09 bits per heavy atom. The predicted octanol–water partition coefficient (Wildman–Crippen LogP) is 2.96. The second-order valence-corrected chi connectivity index (χ2v) is 11.1. The first-order chi connectivity index (χ1) is 14.8. The van der Waals surface area contributed by atoms with Crippen LogP contribution in [-0.2, 0) is 15.6 Å². The van der Waals surface area contributed by atoms with Gasteiger partial charge in [-0.1, -0.05) is 6.07 Å². The van der Waals surface area contributed by atoms with Crippen LogP contribution in [0.25, 0.3) is 0 Å². The van der Waals surface area contributed by atoms with Gasteiger partial charge in [-0.25, -0.2) is 8.42 Å². The molecule has 0 N–H and O–H groups in total. The molecular weight excluding hydrogens is 432 g/mol. The summed E-state index contributed by atoms with van der Waals surface area (Å²) in [5, 5.41) is 11.0. The molecule has 1 fully saturated rings. The topological polar surface area (TPSA) is 106 Å². The largest absolute Gasteiger partial charge is 0.343 e. The lowest BCUT2D eigenvalue weighted by Gasteiger charge is -2.33. The zero-order valence-electron chi connectivity index (χ0n) is 19.2. The molecule has 0 spiro atoms. The van der Waals surface area contributed by atoms with Crippen LogP contribution in [0.3, 0.4) is 0 Å². The molecule has 1 aliphatic rings. The quantitative estimate of drug-likeness (QED) is 0.371. The van der Waals surface area contributed by atoms with E-state index in [4.69, 9.17) is 0 Å². The van der Waals surface area contributed by atoms with E-state index in [0.29, 0.717) is 18.7 Å². The normalized spacial score (nSPS) is 16.3. The number of ketones is 1. The number of carbonyl (C=O) groups is 1. The van der Waals surface area contributed by atoms with Crippen molar-refractivity contribution in [2.75, 3.05) is 32.7 Å². The maximum Gasteiger partial charge on any atom is 0.270 e. The van der Waals surface area contributed by atoms with Crippen molar-refractivity contribution >= 4 is 21.5 Å². The summed E-state index contributed by atoms with van der Waals surface area (Å²) in [6.07, 6.45) is 0. The van der Waals surface area contributed by atoms with E-state index in [1.807, 2.05) is 24.8 Å². The number of nitrogens with zero attached hydrogens (tertiary/aromatic N) is 4. The summed E-state index contributed by atoms with van der Waals surface area (Å²) in [5.41, 5.74) is 2.28. The van der Waals surface area contributed by atoms with Gasteiger partial charge in [0.25, 0.3) is 5.69 Å². The van der Waals surface area contributed by atoms with E-state index in [-0.39, 0.29) is 41.5 Å². The number of hydrogen-bond acceptors (Lipinski definition) is 6. The molecule has 1 aromatic heterocycles. The van der Waals surface area contributed by atoms with Crippen LogP contribution in [0, 0.1) is 24.0 Å². The molecule has 2 aromatic rings. The van der Waals surface area contributed by atoms with Gasteiger partial charge in [-0.05, 0) is 46.8 Å². The number of benzene rings is 1. The number of rotatable bonds is 6. The highest BCUT2D eigenvalue weighted by Crippen LogP contribution is 2.25. The van der Waals surface area contributed by atoms with Gasteiger partial charge >= 0.3 is 0 Å². The fourth-order valence-electron chi connectivity index (χ4n) is 4.40. The molecule has 10 heteroatoms. The van der Waals surface area contributed by atoms with E-state index in [2.05, 4.69) is 25.3 Å². The van der Waals surface area contributed by atoms with Crippen LogP contribution in [0.4, 0.5) is 5.69 Å². The third kappa shape index (κ3) is 4.77. The fraction of sp³-hybridized carbons (Fsp3) is 0.500. The molecule has 174 valence electrons. The number of piperazine rings is 1. The van der Waals surface area contributed by atoms with Gasteiger partial charge in [-0.3, -0.25) is 19.8 Å². The van der Waals surface area contributed by atoms with E-state index in [9.17, 15) is 23.3 Å². The van der Waals surface area contributed by atoms with Gasteiger partial charge in [0, 0.05) is 60.8 Å². The van der Waals surface area contributed by atoms with Crippen LogP contribution in [0.2, 0.25) is 0 Å². The standard InChI is InChI=1S/C22H30N4O5S/c1-16-13-20(17(2)25(16)22(3,4)5)21(27)15-23-9-11-24(12-10-23)32(30,31)19-8-6-7-18(14-19)26(28)29/h6-8,13-14H,9-12,15H2,1-5H3. The summed E-state index contributed by atoms with van der Waals surface area (Å²) in [7, 11) is -3.83. The molecule has 2 heterocycles. The van der Waals surface area contributed by atoms with Crippen LogP contribution in [0.5, 0.6) is 0 Å². The molecular formula is C22H30N4O5S. The highest BCUT2D eigenvalue weighted by atomic mass is 32.2. The van der Waals surface area contributed by atoms with Crippen molar-refractivity contribution in [3.63, 3.8) is 0 Å². The molecule has 3 rings (SSSR count). The summed E-state index contributed by atoms with van der Waals surface area (Å²) >= 11 is 0. The van der Waals surface area contributed by atoms with Crippen molar-refractivity contribution in [1.29, 1.82) is 0 Å². The Morgan fingerprint density at radius 3 is 2.25 bits per heavy atom. The van der Waals surface area contributed by atoms with Crippen molar-refractivity contribution < 1.29 is 18.1 Å². The van der Waals surface area contributed by atoms with E-state index in [1.165, 1.54) is 22.5 Å². The summed E-state index contributed by atoms with van der Waals surface area (Å²) < 4.78 is 29.3. The summed E-state index contributed by atoms with van der Waals surface area (Å²) in [5.74, 6) is 0.0172. The van der Waals surface area contributed by atoms with Crippen LogP contribution < -0.4 is 0 Å². The average molecular weight is 463 g/mol. The van der Waals surface area contributed by atoms with Crippen molar-refractivity contribution in [1.82, 2.24) is 13.8 Å². The lowest BCUT2D eigenvalue weighted by Crippen LogP contribution is -2.49. The Labute approximate surface area is 188 Å². The summed E-state index contributed by atoms with van der Waals surface area (Å²) in [4.78, 5) is 25.2. The number of aryl methyl sites for hydroxylation is 1. The molecule has 1 aliphatic heterocycles. The number of hydrogen-bond donors (Lipinski definition) is 0. The van der Waals surface area contributed by atoms with Crippen molar-refractivity contribution in [3.8, 4) is 0 Å². The lowest BCUT2D eigenvalue weighted by molar-refractivity contribution is -0.385. The minimum Gasteiger partial charge on any atom is -0.343 e. The SMILES string of the molecule is Cc1cc(C(=O)CN2CCN(S(=O)(=O)c3cccc([N+](=O)[O-])c3)CC2)c(C)n1C(C)(C)C. The van der Waals surface area contributed by atoms with Gasteiger partial charge in [0.05, 0.1) is 16.4 Å². The molecule has 0 atom stereocenters. The van der Waals surface area contributed by atoms with E-state index in [0.717, 1.165) is 17.5 Å². The first-order valence-electron chi connectivity index (χ1n) is 10.5. The molecule has 0 bridgehead atoms. The highest BCUT2D eigenvalue weighted by molar-refractivity contribution is 7.89. The molecule has 0 aliphatic carbocycles. The molecule has 0 radical (unpaired) electrons. The first-order valence-corrected chi connectivity index (χ1v) is 12.0. The zero-order valence-corrected chi connectivity index (χ0v) is 20.0. The van der Waals surface area contributed by atoms with Gasteiger partial charge < -0.3 is 4.57 Å². The Bertz CT molecular complexity index is 1140. The number of carbonyl (C=O) groups excluding carboxylic acids is 1. The highest BCUT2D eigenvalue weighted by Gasteiger charge is 2.31. The van der Waals surface area contributed by atoms with E-state index >= 15 is 0 Å². The van der Waals surface area contributed by atoms with Gasteiger partial charge in [-0.15, -0.1) is 0 Å². The number of aromatic nitrogens is 1. The third-order valence-corrected chi connectivity index (χ3v) is 7.66. The maximum atomic E-state index is 13.0. The lowest BCUT2D eigenvalue weighted by atomic mass is 10.1. The van der Waals surface area contributed by atoms with Crippen LogP contribution in [-0.4, -0.2) is 65.6 Å². The second-order valence-electron chi connectivity index (χ2n) is 9.15. The number of non-ortho nitro benzene ring substituents is 1. The molecule has 0 saturated carbocycles. The number of sulfonamides is 1. The smallest absolute Gasteiger partial charge is 0.270 e. The summed E-state index contributed by atoms with van der Waals surface area (Å²) in [6.45, 7) is 11.7. The molecule has 32 heavy (non-hydrogen) atoms. The van der Waals surface area contributed by atoms with Crippen LogP contribution in [0.15, 0.2) is 35.2 Å².